The minimum atomic E-state index is -0.462. The second kappa shape index (κ2) is 6.56. The zero-order chi connectivity index (χ0) is 17.3. The number of Topliss-reactive ketones (excluding diaryl/α,β-unsaturated/α-hetero) is 1. The summed E-state index contributed by atoms with van der Waals surface area (Å²) < 4.78 is 6.47. The highest BCUT2D eigenvalue weighted by Crippen LogP contribution is 2.29. The van der Waals surface area contributed by atoms with Gasteiger partial charge in [0.15, 0.2) is 5.78 Å². The van der Waals surface area contributed by atoms with Crippen molar-refractivity contribution >= 4 is 17.7 Å². The van der Waals surface area contributed by atoms with Gasteiger partial charge < -0.3 is 14.2 Å². The predicted molar refractivity (Wildman–Crippen MR) is 85.6 cm³/mol. The first kappa shape index (κ1) is 17.2. The van der Waals surface area contributed by atoms with E-state index in [1.807, 2.05) is 0 Å². The van der Waals surface area contributed by atoms with Gasteiger partial charge in [0.25, 0.3) is 0 Å². The predicted octanol–water partition coefficient (Wildman–Crippen LogP) is 2.01. The summed E-state index contributed by atoms with van der Waals surface area (Å²) in [4.78, 5) is 38.4. The van der Waals surface area contributed by atoms with Gasteiger partial charge in [-0.3, -0.25) is 9.59 Å². The fourth-order valence-electron chi connectivity index (χ4n) is 3.02. The van der Waals surface area contributed by atoms with E-state index in [0.717, 1.165) is 12.8 Å². The average molecular weight is 320 g/mol. The van der Waals surface area contributed by atoms with Crippen LogP contribution in [0.5, 0.6) is 0 Å². The summed E-state index contributed by atoms with van der Waals surface area (Å²) in [5, 5.41) is 0. The van der Waals surface area contributed by atoms with Crippen molar-refractivity contribution in [1.82, 2.24) is 9.47 Å². The summed E-state index contributed by atoms with van der Waals surface area (Å²) in [6.07, 6.45) is 2.31. The number of methoxy groups -OCH3 is 1. The summed E-state index contributed by atoms with van der Waals surface area (Å²) in [5.41, 5.74) is 2.23. The maximum atomic E-state index is 12.8. The summed E-state index contributed by atoms with van der Waals surface area (Å²) in [5.74, 6) is -0.587. The maximum absolute atomic E-state index is 12.8. The van der Waals surface area contributed by atoms with E-state index >= 15 is 0 Å². The van der Waals surface area contributed by atoms with Crippen LogP contribution in [0.25, 0.3) is 0 Å². The first-order chi connectivity index (χ1) is 10.8. The van der Waals surface area contributed by atoms with Crippen molar-refractivity contribution in [2.75, 3.05) is 13.7 Å². The number of nitrogens with zero attached hydrogens (tertiary/aromatic N) is 2. The molecule has 1 heterocycles. The number of esters is 1. The lowest BCUT2D eigenvalue weighted by atomic mass is 10.0. The van der Waals surface area contributed by atoms with Crippen molar-refractivity contribution < 1.29 is 19.1 Å². The van der Waals surface area contributed by atoms with Crippen LogP contribution in [0.15, 0.2) is 0 Å². The molecule has 1 aliphatic rings. The van der Waals surface area contributed by atoms with E-state index in [1.165, 1.54) is 7.11 Å². The summed E-state index contributed by atoms with van der Waals surface area (Å²) in [6.45, 7) is 5.42. The minimum Gasteiger partial charge on any atom is -0.464 e. The zero-order valence-corrected chi connectivity index (χ0v) is 14.4. The molecule has 0 aromatic carbocycles. The van der Waals surface area contributed by atoms with E-state index in [-0.39, 0.29) is 24.3 Å². The standard InChI is InChI=1S/C17H24N2O4/c1-6-14(21)19(12-7-8-12)9-13(20)15-10(2)16(17(22)23-5)18(4)11(15)3/h12H,6-9H2,1-5H3. The van der Waals surface area contributed by atoms with Crippen LogP contribution in [0.4, 0.5) is 0 Å². The number of ketones is 1. The number of amides is 1. The lowest BCUT2D eigenvalue weighted by Gasteiger charge is -2.21. The molecule has 1 aromatic rings. The fourth-order valence-corrected chi connectivity index (χ4v) is 3.02. The van der Waals surface area contributed by atoms with Crippen LogP contribution in [-0.4, -0.2) is 46.8 Å². The second-order valence-electron chi connectivity index (χ2n) is 6.01. The molecule has 1 amide bonds. The Morgan fingerprint density at radius 3 is 2.35 bits per heavy atom. The molecule has 6 heteroatoms. The van der Waals surface area contributed by atoms with Gasteiger partial charge in [-0.2, -0.15) is 0 Å². The third-order valence-electron chi connectivity index (χ3n) is 4.51. The van der Waals surface area contributed by atoms with E-state index < -0.39 is 5.97 Å². The molecule has 2 rings (SSSR count). The molecule has 1 aromatic heterocycles. The number of carbonyl (C=O) groups excluding carboxylic acids is 3. The number of carbonyl (C=O) groups is 3. The molecule has 6 nitrogen and oxygen atoms in total. The Hall–Kier alpha value is -2.11. The van der Waals surface area contributed by atoms with Crippen molar-refractivity contribution in [2.24, 2.45) is 7.05 Å². The Bertz CT molecular complexity index is 656. The maximum Gasteiger partial charge on any atom is 0.354 e. The van der Waals surface area contributed by atoms with Crippen molar-refractivity contribution in [1.29, 1.82) is 0 Å². The molecule has 1 aliphatic carbocycles. The van der Waals surface area contributed by atoms with Gasteiger partial charge >= 0.3 is 5.97 Å². The molecule has 0 atom stereocenters. The SMILES string of the molecule is CCC(=O)N(CC(=O)c1c(C)c(C(=O)OC)n(C)c1C)C1CC1. The first-order valence-corrected chi connectivity index (χ1v) is 7.90. The Labute approximate surface area is 136 Å². The summed E-state index contributed by atoms with van der Waals surface area (Å²) in [6, 6.07) is 0.191. The van der Waals surface area contributed by atoms with Crippen molar-refractivity contribution in [3.05, 3.63) is 22.5 Å². The second-order valence-corrected chi connectivity index (χ2v) is 6.01. The van der Waals surface area contributed by atoms with Gasteiger partial charge in [0.2, 0.25) is 5.91 Å². The monoisotopic (exact) mass is 320 g/mol. The lowest BCUT2D eigenvalue weighted by Crippen LogP contribution is -2.37. The van der Waals surface area contributed by atoms with E-state index in [9.17, 15) is 14.4 Å². The van der Waals surface area contributed by atoms with Gasteiger partial charge in [-0.15, -0.1) is 0 Å². The highest BCUT2D eigenvalue weighted by atomic mass is 16.5. The largest absolute Gasteiger partial charge is 0.464 e. The number of ether oxygens (including phenoxy) is 1. The third-order valence-corrected chi connectivity index (χ3v) is 4.51. The number of hydrogen-bond acceptors (Lipinski definition) is 4. The molecule has 0 saturated heterocycles. The first-order valence-electron chi connectivity index (χ1n) is 7.90. The van der Waals surface area contributed by atoms with E-state index in [0.29, 0.717) is 28.9 Å². The van der Waals surface area contributed by atoms with Crippen LogP contribution >= 0.6 is 0 Å². The van der Waals surface area contributed by atoms with Crippen molar-refractivity contribution in [3.63, 3.8) is 0 Å². The molecule has 1 saturated carbocycles. The molecule has 0 bridgehead atoms. The molecule has 1 fully saturated rings. The molecular weight excluding hydrogens is 296 g/mol. The van der Waals surface area contributed by atoms with Crippen molar-refractivity contribution in [2.45, 2.75) is 46.1 Å². The van der Waals surface area contributed by atoms with Crippen LogP contribution < -0.4 is 0 Å². The van der Waals surface area contributed by atoms with E-state index in [2.05, 4.69) is 0 Å². The molecule has 0 aliphatic heterocycles. The molecule has 0 spiro atoms. The Morgan fingerprint density at radius 2 is 1.87 bits per heavy atom. The molecule has 0 radical (unpaired) electrons. The van der Waals surface area contributed by atoms with Gasteiger partial charge in [-0.1, -0.05) is 6.92 Å². The number of hydrogen-bond donors (Lipinski definition) is 0. The molecular formula is C17H24N2O4. The topological polar surface area (TPSA) is 68.6 Å². The van der Waals surface area contributed by atoms with Crippen LogP contribution in [0, 0.1) is 13.8 Å². The van der Waals surface area contributed by atoms with Crippen LogP contribution in [0.1, 0.15) is 58.3 Å². The fraction of sp³-hybridized carbons (Fsp3) is 0.588. The molecule has 0 N–H and O–H groups in total. The molecule has 0 unspecified atom stereocenters. The van der Waals surface area contributed by atoms with Gasteiger partial charge in [0.05, 0.1) is 13.7 Å². The normalized spacial score (nSPS) is 13.8. The van der Waals surface area contributed by atoms with Crippen LogP contribution in [0.3, 0.4) is 0 Å². The summed E-state index contributed by atoms with van der Waals surface area (Å²) >= 11 is 0. The molecule has 23 heavy (non-hydrogen) atoms. The van der Waals surface area contributed by atoms with E-state index in [4.69, 9.17) is 4.74 Å². The molecule has 126 valence electrons. The smallest absolute Gasteiger partial charge is 0.354 e. The van der Waals surface area contributed by atoms with Crippen molar-refractivity contribution in [3.8, 4) is 0 Å². The quantitative estimate of drug-likeness (QED) is 0.594. The van der Waals surface area contributed by atoms with E-state index in [1.54, 1.807) is 37.3 Å². The highest BCUT2D eigenvalue weighted by Gasteiger charge is 2.34. The third kappa shape index (κ3) is 3.16. The Morgan fingerprint density at radius 1 is 1.26 bits per heavy atom. The van der Waals surface area contributed by atoms with Gasteiger partial charge in [-0.25, -0.2) is 4.79 Å². The van der Waals surface area contributed by atoms with Gasteiger partial charge in [0.1, 0.15) is 5.69 Å². The Balaban J connectivity index is 2.32. The van der Waals surface area contributed by atoms with Gasteiger partial charge in [0, 0.05) is 30.8 Å². The van der Waals surface area contributed by atoms with Gasteiger partial charge in [-0.05, 0) is 32.3 Å². The zero-order valence-electron chi connectivity index (χ0n) is 14.4. The average Bonchev–Trinajstić information content (AvgIpc) is 3.33. The number of rotatable bonds is 6. The Kier molecular flexibility index (Phi) is 4.92. The number of aromatic nitrogens is 1. The summed E-state index contributed by atoms with van der Waals surface area (Å²) in [7, 11) is 3.06. The lowest BCUT2D eigenvalue weighted by molar-refractivity contribution is -0.130. The minimum absolute atomic E-state index is 0.000258. The van der Waals surface area contributed by atoms with Crippen LogP contribution in [0.2, 0.25) is 0 Å². The highest BCUT2D eigenvalue weighted by molar-refractivity contribution is 6.04. The van der Waals surface area contributed by atoms with Crippen LogP contribution in [-0.2, 0) is 16.6 Å².